The molecule has 2 aromatic rings. The summed E-state index contributed by atoms with van der Waals surface area (Å²) in [4.78, 5) is 15.5. The van der Waals surface area contributed by atoms with Gasteiger partial charge in [0.05, 0.1) is 5.75 Å². The number of hydrogen-bond donors (Lipinski definition) is 2. The lowest BCUT2D eigenvalue weighted by Gasteiger charge is -2.27. The van der Waals surface area contributed by atoms with Crippen molar-refractivity contribution in [3.8, 4) is 0 Å². The molecule has 1 fully saturated rings. The fourth-order valence-corrected chi connectivity index (χ4v) is 4.14. The molecule has 0 unspecified atom stereocenters. The van der Waals surface area contributed by atoms with Gasteiger partial charge in [0.2, 0.25) is 5.91 Å². The van der Waals surface area contributed by atoms with Crippen LogP contribution in [0.4, 0.5) is 0 Å². The summed E-state index contributed by atoms with van der Waals surface area (Å²) in [6.07, 6.45) is 0. The molecule has 128 valence electrons. The molecular formula is C18H22ClN3OS. The Hall–Kier alpha value is -1.27. The summed E-state index contributed by atoms with van der Waals surface area (Å²) in [5, 5.41) is 9.20. The van der Waals surface area contributed by atoms with E-state index in [0.717, 1.165) is 53.4 Å². The van der Waals surface area contributed by atoms with Crippen LogP contribution in [0.1, 0.15) is 0 Å². The molecule has 1 amide bonds. The maximum absolute atomic E-state index is 12.1. The Morgan fingerprint density at radius 1 is 1.21 bits per heavy atom. The summed E-state index contributed by atoms with van der Waals surface area (Å²) in [5.41, 5.74) is 0. The monoisotopic (exact) mass is 363 g/mol. The molecule has 1 saturated heterocycles. The molecule has 0 saturated carbocycles. The number of nitrogens with one attached hydrogen (secondary N) is 2. The minimum Gasteiger partial charge on any atom is -0.354 e. The fraction of sp³-hybridized carbons (Fsp3) is 0.389. The van der Waals surface area contributed by atoms with Crippen LogP contribution in [0.2, 0.25) is 5.02 Å². The third-order valence-corrected chi connectivity index (χ3v) is 5.51. The van der Waals surface area contributed by atoms with E-state index in [1.807, 2.05) is 36.4 Å². The molecule has 0 atom stereocenters. The van der Waals surface area contributed by atoms with Crippen molar-refractivity contribution < 1.29 is 4.79 Å². The van der Waals surface area contributed by atoms with Gasteiger partial charge in [-0.2, -0.15) is 0 Å². The minimum absolute atomic E-state index is 0.0687. The van der Waals surface area contributed by atoms with Gasteiger partial charge < -0.3 is 10.6 Å². The zero-order chi connectivity index (χ0) is 16.8. The normalized spacial score (nSPS) is 15.5. The van der Waals surface area contributed by atoms with Gasteiger partial charge in [-0.15, -0.1) is 11.8 Å². The first-order valence-electron chi connectivity index (χ1n) is 8.24. The molecular weight excluding hydrogens is 342 g/mol. The van der Waals surface area contributed by atoms with Gasteiger partial charge in [0.15, 0.2) is 0 Å². The van der Waals surface area contributed by atoms with Crippen molar-refractivity contribution in [1.29, 1.82) is 0 Å². The van der Waals surface area contributed by atoms with Crippen molar-refractivity contribution in [2.75, 3.05) is 45.0 Å². The van der Waals surface area contributed by atoms with E-state index < -0.39 is 0 Å². The molecule has 4 nitrogen and oxygen atoms in total. The summed E-state index contributed by atoms with van der Waals surface area (Å²) in [5.74, 6) is 0.477. The van der Waals surface area contributed by atoms with Crippen LogP contribution in [0.3, 0.4) is 0 Å². The first kappa shape index (κ1) is 17.5. The number of benzene rings is 2. The van der Waals surface area contributed by atoms with Gasteiger partial charge >= 0.3 is 0 Å². The average molecular weight is 364 g/mol. The molecule has 0 spiro atoms. The summed E-state index contributed by atoms with van der Waals surface area (Å²) in [6, 6.07) is 11.9. The van der Waals surface area contributed by atoms with Crippen LogP contribution in [-0.4, -0.2) is 55.8 Å². The zero-order valence-electron chi connectivity index (χ0n) is 13.6. The van der Waals surface area contributed by atoms with Gasteiger partial charge in [0, 0.05) is 54.6 Å². The van der Waals surface area contributed by atoms with Crippen molar-refractivity contribution in [1.82, 2.24) is 15.5 Å². The molecule has 2 aromatic carbocycles. The molecule has 3 rings (SSSR count). The standard InChI is InChI=1S/C18H22ClN3OS/c19-15-5-1-3-14-4-2-6-16(18(14)15)24-13-17(23)21-9-12-22-10-7-20-8-11-22/h1-6,20H,7-13H2,(H,21,23). The largest absolute Gasteiger partial charge is 0.354 e. The first-order valence-corrected chi connectivity index (χ1v) is 9.60. The van der Waals surface area contributed by atoms with E-state index in [1.54, 1.807) is 0 Å². The van der Waals surface area contributed by atoms with E-state index >= 15 is 0 Å². The lowest BCUT2D eigenvalue weighted by molar-refractivity contribution is -0.118. The van der Waals surface area contributed by atoms with Gasteiger partial charge in [-0.3, -0.25) is 9.69 Å². The van der Waals surface area contributed by atoms with Crippen LogP contribution < -0.4 is 10.6 Å². The van der Waals surface area contributed by atoms with Gasteiger partial charge in [-0.1, -0.05) is 35.9 Å². The second-order valence-corrected chi connectivity index (χ2v) is 7.25. The van der Waals surface area contributed by atoms with Crippen LogP contribution in [0.15, 0.2) is 41.3 Å². The van der Waals surface area contributed by atoms with Crippen LogP contribution in [0.5, 0.6) is 0 Å². The smallest absolute Gasteiger partial charge is 0.230 e. The van der Waals surface area contributed by atoms with E-state index in [-0.39, 0.29) is 5.91 Å². The second kappa shape index (κ2) is 8.72. The third kappa shape index (κ3) is 4.63. The van der Waals surface area contributed by atoms with Crippen molar-refractivity contribution >= 4 is 40.0 Å². The van der Waals surface area contributed by atoms with Crippen LogP contribution >= 0.6 is 23.4 Å². The number of amides is 1. The number of hydrogen-bond acceptors (Lipinski definition) is 4. The minimum atomic E-state index is 0.0687. The highest BCUT2D eigenvalue weighted by atomic mass is 35.5. The lowest BCUT2D eigenvalue weighted by atomic mass is 10.1. The topological polar surface area (TPSA) is 44.4 Å². The number of carbonyl (C=O) groups excluding carboxylic acids is 1. The van der Waals surface area contributed by atoms with Crippen molar-refractivity contribution in [3.05, 3.63) is 41.4 Å². The number of fused-ring (bicyclic) bond motifs is 1. The fourth-order valence-electron chi connectivity index (χ4n) is 2.86. The summed E-state index contributed by atoms with van der Waals surface area (Å²) >= 11 is 7.86. The summed E-state index contributed by atoms with van der Waals surface area (Å²) in [6.45, 7) is 5.80. The van der Waals surface area contributed by atoms with E-state index in [9.17, 15) is 4.79 Å². The van der Waals surface area contributed by atoms with E-state index in [4.69, 9.17) is 11.6 Å². The van der Waals surface area contributed by atoms with E-state index in [1.165, 1.54) is 11.8 Å². The maximum atomic E-state index is 12.1. The number of thioether (sulfide) groups is 1. The Bertz CT molecular complexity index is 698. The molecule has 0 bridgehead atoms. The molecule has 24 heavy (non-hydrogen) atoms. The van der Waals surface area contributed by atoms with Crippen molar-refractivity contribution in [2.24, 2.45) is 0 Å². The highest BCUT2D eigenvalue weighted by molar-refractivity contribution is 8.00. The highest BCUT2D eigenvalue weighted by Gasteiger charge is 2.11. The second-order valence-electron chi connectivity index (χ2n) is 5.82. The predicted octanol–water partition coefficient (Wildman–Crippen LogP) is 2.61. The molecule has 0 radical (unpaired) electrons. The van der Waals surface area contributed by atoms with Crippen molar-refractivity contribution in [2.45, 2.75) is 4.90 Å². The Morgan fingerprint density at radius 2 is 1.96 bits per heavy atom. The molecule has 0 aromatic heterocycles. The van der Waals surface area contributed by atoms with Crippen LogP contribution in [0, 0.1) is 0 Å². The molecule has 6 heteroatoms. The maximum Gasteiger partial charge on any atom is 0.230 e. The number of halogens is 1. The zero-order valence-corrected chi connectivity index (χ0v) is 15.1. The Balaban J connectivity index is 1.49. The quantitative estimate of drug-likeness (QED) is 0.774. The molecule has 1 aliphatic rings. The lowest BCUT2D eigenvalue weighted by Crippen LogP contribution is -2.46. The Kier molecular flexibility index (Phi) is 6.37. The van der Waals surface area contributed by atoms with E-state index in [2.05, 4.69) is 15.5 Å². The number of nitrogens with zero attached hydrogens (tertiary/aromatic N) is 1. The number of carbonyl (C=O) groups is 1. The van der Waals surface area contributed by atoms with Gasteiger partial charge in [-0.05, 0) is 17.5 Å². The van der Waals surface area contributed by atoms with Crippen LogP contribution in [0.25, 0.3) is 10.8 Å². The molecule has 2 N–H and O–H groups in total. The van der Waals surface area contributed by atoms with Gasteiger partial charge in [0.1, 0.15) is 0 Å². The SMILES string of the molecule is O=C(CSc1cccc2cccc(Cl)c12)NCCN1CCNCC1. The Labute approximate surface area is 151 Å². The molecule has 1 aliphatic heterocycles. The van der Waals surface area contributed by atoms with Gasteiger partial charge in [-0.25, -0.2) is 0 Å². The average Bonchev–Trinajstić information content (AvgIpc) is 2.61. The van der Waals surface area contributed by atoms with Crippen molar-refractivity contribution in [3.63, 3.8) is 0 Å². The number of piperazine rings is 1. The predicted molar refractivity (Wildman–Crippen MR) is 102 cm³/mol. The first-order chi connectivity index (χ1) is 11.7. The highest BCUT2D eigenvalue weighted by Crippen LogP contribution is 2.32. The Morgan fingerprint density at radius 3 is 2.75 bits per heavy atom. The molecule has 1 heterocycles. The van der Waals surface area contributed by atoms with E-state index in [0.29, 0.717) is 12.3 Å². The molecule has 0 aliphatic carbocycles. The number of rotatable bonds is 6. The summed E-state index contributed by atoms with van der Waals surface area (Å²) < 4.78 is 0. The summed E-state index contributed by atoms with van der Waals surface area (Å²) in [7, 11) is 0. The third-order valence-electron chi connectivity index (χ3n) is 4.13. The van der Waals surface area contributed by atoms with Gasteiger partial charge in [0.25, 0.3) is 0 Å². The van der Waals surface area contributed by atoms with Crippen LogP contribution in [-0.2, 0) is 4.79 Å².